The second-order valence-electron chi connectivity index (χ2n) is 5.23. The third-order valence-electron chi connectivity index (χ3n) is 3.47. The molecule has 2 aromatic rings. The van der Waals surface area contributed by atoms with Crippen LogP contribution in [-0.2, 0) is 0 Å². The third kappa shape index (κ3) is 2.82. The van der Waals surface area contributed by atoms with E-state index in [2.05, 4.69) is 31.8 Å². The number of hydrogen-bond donors (Lipinski definition) is 1. The van der Waals surface area contributed by atoms with Crippen LogP contribution in [0.4, 0.5) is 0 Å². The molecule has 1 aromatic carbocycles. The van der Waals surface area contributed by atoms with Gasteiger partial charge in [-0.2, -0.15) is 0 Å². The Morgan fingerprint density at radius 3 is 2.74 bits per heavy atom. The van der Waals surface area contributed by atoms with Crippen LogP contribution in [-0.4, -0.2) is 16.1 Å². The first-order valence-corrected chi connectivity index (χ1v) is 6.91. The highest BCUT2D eigenvalue weighted by molar-refractivity contribution is 6.32. The number of aryl methyl sites for hydroxylation is 1. The van der Waals surface area contributed by atoms with E-state index in [1.807, 2.05) is 22.9 Å². The highest BCUT2D eigenvalue weighted by atomic mass is 35.5. The number of imidazole rings is 1. The molecule has 1 heterocycles. The van der Waals surface area contributed by atoms with Gasteiger partial charge in [-0.25, -0.2) is 4.98 Å². The molecule has 0 saturated carbocycles. The van der Waals surface area contributed by atoms with Crippen molar-refractivity contribution in [1.29, 1.82) is 0 Å². The van der Waals surface area contributed by atoms with E-state index in [1.54, 1.807) is 6.33 Å². The van der Waals surface area contributed by atoms with Crippen LogP contribution < -0.4 is 5.73 Å². The van der Waals surface area contributed by atoms with Gasteiger partial charge in [0, 0.05) is 24.4 Å². The van der Waals surface area contributed by atoms with Crippen molar-refractivity contribution >= 4 is 11.6 Å². The zero-order valence-electron chi connectivity index (χ0n) is 11.6. The first kappa shape index (κ1) is 14.1. The zero-order chi connectivity index (χ0) is 14.0. The summed E-state index contributed by atoms with van der Waals surface area (Å²) in [4.78, 5) is 4.27. The van der Waals surface area contributed by atoms with Crippen LogP contribution in [0.3, 0.4) is 0 Å². The fraction of sp³-hybridized carbons (Fsp3) is 0.400. The average molecular weight is 278 g/mol. The van der Waals surface area contributed by atoms with Crippen LogP contribution in [0, 0.1) is 12.8 Å². The van der Waals surface area contributed by atoms with Crippen molar-refractivity contribution in [3.05, 3.63) is 47.0 Å². The van der Waals surface area contributed by atoms with Gasteiger partial charge in [0.1, 0.15) is 0 Å². The first-order valence-electron chi connectivity index (χ1n) is 6.53. The van der Waals surface area contributed by atoms with Gasteiger partial charge in [-0.1, -0.05) is 31.5 Å². The summed E-state index contributed by atoms with van der Waals surface area (Å²) in [5.74, 6) is 0.739. The van der Waals surface area contributed by atoms with Gasteiger partial charge in [-0.15, -0.1) is 0 Å². The summed E-state index contributed by atoms with van der Waals surface area (Å²) in [5, 5.41) is 0.726. The second-order valence-corrected chi connectivity index (χ2v) is 5.64. The SMILES string of the molecule is Cc1ccc(Cl)c(-n2cncc2C(CN)C(C)C)c1. The quantitative estimate of drug-likeness (QED) is 0.929. The number of nitrogens with zero attached hydrogens (tertiary/aromatic N) is 2. The zero-order valence-corrected chi connectivity index (χ0v) is 12.4. The molecule has 0 bridgehead atoms. The van der Waals surface area contributed by atoms with Gasteiger partial charge in [0.05, 0.1) is 17.0 Å². The Bertz CT molecular complexity index is 560. The lowest BCUT2D eigenvalue weighted by Gasteiger charge is -2.21. The molecule has 4 heteroatoms. The maximum Gasteiger partial charge on any atom is 0.0994 e. The number of halogens is 1. The molecular weight excluding hydrogens is 258 g/mol. The van der Waals surface area contributed by atoms with Crippen molar-refractivity contribution in [3.8, 4) is 5.69 Å². The summed E-state index contributed by atoms with van der Waals surface area (Å²) in [6.45, 7) is 7.01. The predicted octanol–water partition coefficient (Wildman–Crippen LogP) is 3.53. The van der Waals surface area contributed by atoms with Gasteiger partial charge < -0.3 is 10.3 Å². The second kappa shape index (κ2) is 5.76. The Kier molecular flexibility index (Phi) is 4.27. The van der Waals surface area contributed by atoms with Gasteiger partial charge >= 0.3 is 0 Å². The van der Waals surface area contributed by atoms with Crippen LogP contribution >= 0.6 is 11.6 Å². The number of nitrogens with two attached hydrogens (primary N) is 1. The molecule has 3 nitrogen and oxygen atoms in total. The van der Waals surface area contributed by atoms with Crippen LogP contribution in [0.1, 0.15) is 31.0 Å². The van der Waals surface area contributed by atoms with E-state index in [0.29, 0.717) is 12.5 Å². The summed E-state index contributed by atoms with van der Waals surface area (Å²) in [7, 11) is 0. The molecule has 1 aromatic heterocycles. The molecule has 1 atom stereocenters. The number of hydrogen-bond acceptors (Lipinski definition) is 2. The van der Waals surface area contributed by atoms with Gasteiger partial charge in [0.25, 0.3) is 0 Å². The van der Waals surface area contributed by atoms with Crippen LogP contribution in [0.2, 0.25) is 5.02 Å². The van der Waals surface area contributed by atoms with E-state index in [4.69, 9.17) is 17.3 Å². The summed E-state index contributed by atoms with van der Waals surface area (Å²) >= 11 is 6.31. The largest absolute Gasteiger partial charge is 0.330 e. The molecule has 2 N–H and O–H groups in total. The maximum absolute atomic E-state index is 6.31. The molecule has 0 spiro atoms. The molecule has 19 heavy (non-hydrogen) atoms. The van der Waals surface area contributed by atoms with E-state index < -0.39 is 0 Å². The monoisotopic (exact) mass is 277 g/mol. The Balaban J connectivity index is 2.52. The molecule has 1 unspecified atom stereocenters. The molecule has 0 radical (unpaired) electrons. The van der Waals surface area contributed by atoms with Crippen molar-refractivity contribution in [3.63, 3.8) is 0 Å². The van der Waals surface area contributed by atoms with Crippen molar-refractivity contribution in [2.75, 3.05) is 6.54 Å². The fourth-order valence-corrected chi connectivity index (χ4v) is 2.53. The molecule has 0 amide bonds. The molecular formula is C15H20ClN3. The van der Waals surface area contributed by atoms with E-state index in [1.165, 1.54) is 5.56 Å². The van der Waals surface area contributed by atoms with Crippen molar-refractivity contribution < 1.29 is 0 Å². The smallest absolute Gasteiger partial charge is 0.0994 e. The van der Waals surface area contributed by atoms with Crippen LogP contribution in [0.25, 0.3) is 5.69 Å². The summed E-state index contributed by atoms with van der Waals surface area (Å²) < 4.78 is 2.05. The summed E-state index contributed by atoms with van der Waals surface area (Å²) in [6.07, 6.45) is 3.69. The lowest BCUT2D eigenvalue weighted by Crippen LogP contribution is -2.20. The Morgan fingerprint density at radius 1 is 1.37 bits per heavy atom. The topological polar surface area (TPSA) is 43.8 Å². The lowest BCUT2D eigenvalue weighted by molar-refractivity contribution is 0.490. The van der Waals surface area contributed by atoms with Gasteiger partial charge in [0.15, 0.2) is 0 Å². The van der Waals surface area contributed by atoms with Crippen LogP contribution in [0.15, 0.2) is 30.7 Å². The standard InChI is InChI=1S/C15H20ClN3/c1-10(2)12(7-17)15-8-18-9-19(15)14-6-11(3)4-5-13(14)16/h4-6,8-10,12H,7,17H2,1-3H3. The van der Waals surface area contributed by atoms with E-state index in [0.717, 1.165) is 16.4 Å². The normalized spacial score (nSPS) is 12.9. The van der Waals surface area contributed by atoms with E-state index in [9.17, 15) is 0 Å². The number of benzene rings is 1. The minimum Gasteiger partial charge on any atom is -0.330 e. The molecule has 0 fully saturated rings. The van der Waals surface area contributed by atoms with Crippen molar-refractivity contribution in [1.82, 2.24) is 9.55 Å². The predicted molar refractivity (Wildman–Crippen MR) is 79.9 cm³/mol. The molecule has 0 saturated heterocycles. The molecule has 0 aliphatic rings. The van der Waals surface area contributed by atoms with Crippen LogP contribution in [0.5, 0.6) is 0 Å². The average Bonchev–Trinajstić information content (AvgIpc) is 2.81. The summed E-state index contributed by atoms with van der Waals surface area (Å²) in [6, 6.07) is 6.00. The summed E-state index contributed by atoms with van der Waals surface area (Å²) in [5.41, 5.74) is 9.16. The van der Waals surface area contributed by atoms with E-state index in [-0.39, 0.29) is 5.92 Å². The third-order valence-corrected chi connectivity index (χ3v) is 3.79. The maximum atomic E-state index is 6.31. The highest BCUT2D eigenvalue weighted by Crippen LogP contribution is 2.29. The van der Waals surface area contributed by atoms with Crippen molar-refractivity contribution in [2.24, 2.45) is 11.7 Å². The highest BCUT2D eigenvalue weighted by Gasteiger charge is 2.19. The Morgan fingerprint density at radius 2 is 2.11 bits per heavy atom. The lowest BCUT2D eigenvalue weighted by atomic mass is 9.93. The van der Waals surface area contributed by atoms with Gasteiger partial charge in [0.2, 0.25) is 0 Å². The fourth-order valence-electron chi connectivity index (χ4n) is 2.32. The molecule has 0 aliphatic carbocycles. The van der Waals surface area contributed by atoms with E-state index >= 15 is 0 Å². The molecule has 0 aliphatic heterocycles. The van der Waals surface area contributed by atoms with Gasteiger partial charge in [-0.3, -0.25) is 0 Å². The molecule has 2 rings (SSSR count). The first-order chi connectivity index (χ1) is 9.04. The Labute approximate surface area is 119 Å². The minimum atomic E-state index is 0.277. The van der Waals surface area contributed by atoms with Gasteiger partial charge in [-0.05, 0) is 30.5 Å². The number of aromatic nitrogens is 2. The molecule has 102 valence electrons. The van der Waals surface area contributed by atoms with Crippen molar-refractivity contribution in [2.45, 2.75) is 26.7 Å². The minimum absolute atomic E-state index is 0.277. The Hall–Kier alpha value is -1.32. The number of rotatable bonds is 4.